The van der Waals surface area contributed by atoms with Gasteiger partial charge in [-0.3, -0.25) is 4.79 Å². The van der Waals surface area contributed by atoms with Gasteiger partial charge in [0.2, 0.25) is 5.91 Å². The Bertz CT molecular complexity index is 642. The van der Waals surface area contributed by atoms with Gasteiger partial charge in [0.05, 0.1) is 12.8 Å². The number of amides is 1. The number of halogens is 2. The van der Waals surface area contributed by atoms with Crippen molar-refractivity contribution in [3.63, 3.8) is 0 Å². The molecule has 3 N–H and O–H groups in total. The summed E-state index contributed by atoms with van der Waals surface area (Å²) >= 11 is 12.3. The first-order valence-corrected chi connectivity index (χ1v) is 6.93. The van der Waals surface area contributed by atoms with Gasteiger partial charge in [0, 0.05) is 15.6 Å². The second-order valence-electron chi connectivity index (χ2n) is 4.32. The van der Waals surface area contributed by atoms with Gasteiger partial charge >= 0.3 is 0 Å². The fraction of sp³-hybridized carbons (Fsp3) is 0.133. The highest BCUT2D eigenvalue weighted by Crippen LogP contribution is 2.34. The zero-order chi connectivity index (χ0) is 15.4. The molecule has 21 heavy (non-hydrogen) atoms. The van der Waals surface area contributed by atoms with Crippen molar-refractivity contribution in [3.05, 3.63) is 58.1 Å². The molecule has 0 fully saturated rings. The number of anilines is 1. The third-order valence-corrected chi connectivity index (χ3v) is 3.64. The molecule has 6 heteroatoms. The topological polar surface area (TPSA) is 64.3 Å². The van der Waals surface area contributed by atoms with Crippen LogP contribution in [0.2, 0.25) is 10.0 Å². The molecule has 0 aliphatic heterocycles. The summed E-state index contributed by atoms with van der Waals surface area (Å²) in [5, 5.41) is 3.77. The van der Waals surface area contributed by atoms with E-state index in [4.69, 9.17) is 33.7 Å². The molecule has 0 bridgehead atoms. The quantitative estimate of drug-likeness (QED) is 0.882. The molecule has 4 nitrogen and oxygen atoms in total. The number of carbonyl (C=O) groups excluding carboxylic acids is 1. The van der Waals surface area contributed by atoms with Crippen molar-refractivity contribution in [3.8, 4) is 5.75 Å². The molecular weight excluding hydrogens is 311 g/mol. The van der Waals surface area contributed by atoms with Crippen LogP contribution in [0.3, 0.4) is 0 Å². The summed E-state index contributed by atoms with van der Waals surface area (Å²) in [6, 6.07) is 11.3. The highest BCUT2D eigenvalue weighted by atomic mass is 35.5. The van der Waals surface area contributed by atoms with E-state index in [1.54, 1.807) is 37.4 Å². The maximum absolute atomic E-state index is 11.8. The molecule has 0 aliphatic rings. The Morgan fingerprint density at radius 3 is 2.33 bits per heavy atom. The number of ether oxygens (including phenoxy) is 1. The molecule has 1 atom stereocenters. The van der Waals surface area contributed by atoms with Crippen molar-refractivity contribution in [2.45, 2.75) is 6.04 Å². The normalized spacial score (nSPS) is 11.8. The SMILES string of the molecule is COc1ccccc1NC(C(N)=O)c1c(Cl)cccc1Cl. The Morgan fingerprint density at radius 2 is 1.76 bits per heavy atom. The number of nitrogens with one attached hydrogen (secondary N) is 1. The Labute approximate surface area is 132 Å². The van der Waals surface area contributed by atoms with Gasteiger partial charge in [0.15, 0.2) is 0 Å². The van der Waals surface area contributed by atoms with Crippen molar-refractivity contribution >= 4 is 34.8 Å². The number of methoxy groups -OCH3 is 1. The van der Waals surface area contributed by atoms with E-state index in [-0.39, 0.29) is 0 Å². The fourth-order valence-electron chi connectivity index (χ4n) is 1.99. The van der Waals surface area contributed by atoms with Gasteiger partial charge in [0.25, 0.3) is 0 Å². The lowest BCUT2D eigenvalue weighted by atomic mass is 10.1. The monoisotopic (exact) mass is 324 g/mol. The molecule has 0 heterocycles. The fourth-order valence-corrected chi connectivity index (χ4v) is 2.61. The average molecular weight is 325 g/mol. The van der Waals surface area contributed by atoms with Crippen LogP contribution in [-0.4, -0.2) is 13.0 Å². The molecule has 0 aliphatic carbocycles. The van der Waals surface area contributed by atoms with Crippen LogP contribution in [0.5, 0.6) is 5.75 Å². The van der Waals surface area contributed by atoms with Crippen LogP contribution in [0.15, 0.2) is 42.5 Å². The van der Waals surface area contributed by atoms with Gasteiger partial charge < -0.3 is 15.8 Å². The number of para-hydroxylation sites is 2. The average Bonchev–Trinajstić information content (AvgIpc) is 2.46. The van der Waals surface area contributed by atoms with Crippen LogP contribution in [-0.2, 0) is 4.79 Å². The van der Waals surface area contributed by atoms with Crippen molar-refractivity contribution in [1.29, 1.82) is 0 Å². The summed E-state index contributed by atoms with van der Waals surface area (Å²) in [7, 11) is 1.54. The van der Waals surface area contributed by atoms with Crippen LogP contribution in [0.1, 0.15) is 11.6 Å². The number of hydrogen-bond acceptors (Lipinski definition) is 3. The second kappa shape index (κ2) is 6.70. The number of carbonyl (C=O) groups is 1. The van der Waals surface area contributed by atoms with Crippen molar-refractivity contribution in [2.75, 3.05) is 12.4 Å². The van der Waals surface area contributed by atoms with E-state index in [1.807, 2.05) is 12.1 Å². The minimum Gasteiger partial charge on any atom is -0.495 e. The van der Waals surface area contributed by atoms with Crippen LogP contribution in [0.25, 0.3) is 0 Å². The van der Waals surface area contributed by atoms with E-state index in [2.05, 4.69) is 5.32 Å². The van der Waals surface area contributed by atoms with Crippen molar-refractivity contribution in [2.24, 2.45) is 5.73 Å². The highest BCUT2D eigenvalue weighted by Gasteiger charge is 2.24. The molecule has 2 aromatic rings. The standard InChI is InChI=1S/C15H14Cl2N2O2/c1-21-12-8-3-2-7-11(12)19-14(15(18)20)13-9(16)5-4-6-10(13)17/h2-8,14,19H,1H3,(H2,18,20). The molecule has 1 unspecified atom stereocenters. The Morgan fingerprint density at radius 1 is 1.14 bits per heavy atom. The molecule has 0 spiro atoms. The van der Waals surface area contributed by atoms with Crippen LogP contribution < -0.4 is 15.8 Å². The predicted octanol–water partition coefficient (Wildman–Crippen LogP) is 3.64. The molecule has 0 aromatic heterocycles. The molecule has 0 saturated carbocycles. The lowest BCUT2D eigenvalue weighted by Gasteiger charge is -2.20. The number of hydrogen-bond donors (Lipinski definition) is 2. The van der Waals surface area contributed by atoms with Crippen LogP contribution >= 0.6 is 23.2 Å². The summed E-state index contributed by atoms with van der Waals surface area (Å²) < 4.78 is 5.24. The van der Waals surface area contributed by atoms with Gasteiger partial charge in [-0.2, -0.15) is 0 Å². The smallest absolute Gasteiger partial charge is 0.244 e. The van der Waals surface area contributed by atoms with E-state index in [0.717, 1.165) is 0 Å². The van der Waals surface area contributed by atoms with E-state index in [9.17, 15) is 4.79 Å². The molecule has 0 radical (unpaired) electrons. The summed E-state index contributed by atoms with van der Waals surface area (Å²) in [5.74, 6) is 0.00262. The zero-order valence-electron chi connectivity index (χ0n) is 11.3. The highest BCUT2D eigenvalue weighted by molar-refractivity contribution is 6.36. The molecule has 1 amide bonds. The van der Waals surface area contributed by atoms with Gasteiger partial charge in [0.1, 0.15) is 11.8 Å². The summed E-state index contributed by atoms with van der Waals surface area (Å²) in [6.07, 6.45) is 0. The van der Waals surface area contributed by atoms with E-state index >= 15 is 0 Å². The summed E-state index contributed by atoms with van der Waals surface area (Å²) in [6.45, 7) is 0. The van der Waals surface area contributed by atoms with E-state index < -0.39 is 11.9 Å². The first-order chi connectivity index (χ1) is 10.0. The van der Waals surface area contributed by atoms with E-state index in [1.165, 1.54) is 0 Å². The van der Waals surface area contributed by atoms with Crippen LogP contribution in [0, 0.1) is 0 Å². The third-order valence-electron chi connectivity index (χ3n) is 2.98. The van der Waals surface area contributed by atoms with Gasteiger partial charge in [-0.1, -0.05) is 41.4 Å². The molecule has 0 saturated heterocycles. The van der Waals surface area contributed by atoms with Gasteiger partial charge in [-0.05, 0) is 24.3 Å². The maximum Gasteiger partial charge on any atom is 0.244 e. The molecule has 2 rings (SSSR count). The zero-order valence-corrected chi connectivity index (χ0v) is 12.8. The van der Waals surface area contributed by atoms with Crippen molar-refractivity contribution in [1.82, 2.24) is 0 Å². The summed E-state index contributed by atoms with van der Waals surface area (Å²) in [4.78, 5) is 11.8. The third kappa shape index (κ3) is 3.40. The van der Waals surface area contributed by atoms with Gasteiger partial charge in [-0.25, -0.2) is 0 Å². The van der Waals surface area contributed by atoms with Gasteiger partial charge in [-0.15, -0.1) is 0 Å². The second-order valence-corrected chi connectivity index (χ2v) is 5.13. The van der Waals surface area contributed by atoms with Crippen molar-refractivity contribution < 1.29 is 9.53 Å². The minimum atomic E-state index is -0.859. The number of primary amides is 1. The van der Waals surface area contributed by atoms with Crippen LogP contribution in [0.4, 0.5) is 5.69 Å². The maximum atomic E-state index is 11.8. The minimum absolute atomic E-state index is 0.369. The predicted molar refractivity (Wildman–Crippen MR) is 85.0 cm³/mol. The number of rotatable bonds is 5. The Kier molecular flexibility index (Phi) is 4.94. The summed E-state index contributed by atoms with van der Waals surface area (Å²) in [5.41, 5.74) is 6.55. The number of nitrogens with two attached hydrogens (primary N) is 1. The lowest BCUT2D eigenvalue weighted by Crippen LogP contribution is -2.28. The molecule has 110 valence electrons. The Balaban J connectivity index is 2.43. The lowest BCUT2D eigenvalue weighted by molar-refractivity contribution is -0.118. The Hall–Kier alpha value is -1.91. The molecule has 2 aromatic carbocycles. The first-order valence-electron chi connectivity index (χ1n) is 6.17. The van der Waals surface area contributed by atoms with E-state index in [0.29, 0.717) is 27.0 Å². The molecular formula is C15H14Cl2N2O2. The number of benzene rings is 2. The largest absolute Gasteiger partial charge is 0.495 e. The first kappa shape index (κ1) is 15.5.